The third-order valence-electron chi connectivity index (χ3n) is 4.47. The Hall–Kier alpha value is -2.82. The van der Waals surface area contributed by atoms with Crippen LogP contribution in [0.25, 0.3) is 5.95 Å². The van der Waals surface area contributed by atoms with Crippen LogP contribution in [0.4, 0.5) is 0 Å². The maximum atomic E-state index is 12.6. The highest BCUT2D eigenvalue weighted by atomic mass is 16.1. The molecule has 0 unspecified atom stereocenters. The number of carbonyl (C=O) groups is 1. The number of aromatic nitrogens is 4. The van der Waals surface area contributed by atoms with Gasteiger partial charge in [-0.2, -0.15) is 5.10 Å². The Morgan fingerprint density at radius 1 is 1.04 bits per heavy atom. The fourth-order valence-corrected chi connectivity index (χ4v) is 3.38. The van der Waals surface area contributed by atoms with E-state index in [1.807, 2.05) is 38.1 Å². The molecular weight excluding hydrogens is 300 g/mol. The van der Waals surface area contributed by atoms with Gasteiger partial charge in [-0.25, -0.2) is 14.6 Å². The minimum absolute atomic E-state index is 0.140. The predicted octanol–water partition coefficient (Wildman–Crippen LogP) is 3.19. The van der Waals surface area contributed by atoms with E-state index in [4.69, 9.17) is 0 Å². The number of hydrogen-bond donors (Lipinski definition) is 0. The number of ketones is 1. The average molecular weight is 318 g/mol. The van der Waals surface area contributed by atoms with E-state index in [0.29, 0.717) is 17.9 Å². The fraction of sp³-hybridized carbons (Fsp3) is 0.263. The van der Waals surface area contributed by atoms with Crippen molar-refractivity contribution in [3.05, 3.63) is 70.8 Å². The van der Waals surface area contributed by atoms with E-state index >= 15 is 0 Å². The van der Waals surface area contributed by atoms with Crippen molar-refractivity contribution in [2.24, 2.45) is 0 Å². The van der Waals surface area contributed by atoms with E-state index in [2.05, 4.69) is 27.2 Å². The molecule has 3 aromatic rings. The average Bonchev–Trinajstić information content (AvgIpc) is 2.99. The quantitative estimate of drug-likeness (QED) is 0.728. The van der Waals surface area contributed by atoms with E-state index in [1.54, 1.807) is 10.9 Å². The van der Waals surface area contributed by atoms with Gasteiger partial charge in [-0.05, 0) is 37.8 Å². The molecule has 1 aliphatic rings. The Kier molecular flexibility index (Phi) is 3.49. The minimum Gasteiger partial charge on any atom is -0.294 e. The lowest BCUT2D eigenvalue weighted by Crippen LogP contribution is -2.21. The number of aryl methyl sites for hydroxylation is 2. The summed E-state index contributed by atoms with van der Waals surface area (Å²) >= 11 is 0. The molecule has 1 aromatic carbocycles. The molecule has 24 heavy (non-hydrogen) atoms. The molecule has 4 rings (SSSR count). The third kappa shape index (κ3) is 2.52. The molecule has 2 aromatic heterocycles. The number of benzene rings is 1. The summed E-state index contributed by atoms with van der Waals surface area (Å²) in [5.41, 5.74) is 4.58. The van der Waals surface area contributed by atoms with Crippen molar-refractivity contribution in [1.82, 2.24) is 19.7 Å². The summed E-state index contributed by atoms with van der Waals surface area (Å²) in [6.07, 6.45) is 2.94. The van der Waals surface area contributed by atoms with Gasteiger partial charge in [0.05, 0.1) is 17.5 Å². The molecule has 0 radical (unpaired) electrons. The van der Waals surface area contributed by atoms with Crippen LogP contribution in [-0.2, 0) is 6.42 Å². The van der Waals surface area contributed by atoms with E-state index in [0.717, 1.165) is 23.5 Å². The van der Waals surface area contributed by atoms with Crippen LogP contribution in [0.3, 0.4) is 0 Å². The summed E-state index contributed by atoms with van der Waals surface area (Å²) < 4.78 is 1.72. The van der Waals surface area contributed by atoms with Crippen molar-refractivity contribution in [3.8, 4) is 5.95 Å². The normalized spacial score (nSPS) is 16.9. The van der Waals surface area contributed by atoms with Crippen LogP contribution in [0.15, 0.2) is 42.6 Å². The fourth-order valence-electron chi connectivity index (χ4n) is 3.38. The molecule has 0 saturated heterocycles. The summed E-state index contributed by atoms with van der Waals surface area (Å²) in [6.45, 7) is 3.87. The summed E-state index contributed by atoms with van der Waals surface area (Å²) in [5.74, 6) is 0.851. The molecule has 0 aliphatic heterocycles. The van der Waals surface area contributed by atoms with Crippen LogP contribution in [0.5, 0.6) is 0 Å². The summed E-state index contributed by atoms with van der Waals surface area (Å²) in [4.78, 5) is 21.5. The van der Waals surface area contributed by atoms with E-state index in [-0.39, 0.29) is 11.7 Å². The van der Waals surface area contributed by atoms with Crippen molar-refractivity contribution >= 4 is 5.78 Å². The Labute approximate surface area is 140 Å². The highest BCUT2D eigenvalue weighted by Gasteiger charge is 2.30. The van der Waals surface area contributed by atoms with Gasteiger partial charge in [0.15, 0.2) is 5.78 Å². The van der Waals surface area contributed by atoms with Crippen molar-refractivity contribution < 1.29 is 4.79 Å². The maximum absolute atomic E-state index is 12.6. The molecule has 0 amide bonds. The van der Waals surface area contributed by atoms with Crippen LogP contribution in [0.1, 0.15) is 45.3 Å². The number of rotatable bonds is 2. The zero-order valence-corrected chi connectivity index (χ0v) is 13.7. The van der Waals surface area contributed by atoms with Crippen LogP contribution < -0.4 is 0 Å². The van der Waals surface area contributed by atoms with Gasteiger partial charge in [0.2, 0.25) is 0 Å². The smallest absolute Gasteiger partial charge is 0.251 e. The van der Waals surface area contributed by atoms with Crippen molar-refractivity contribution in [2.45, 2.75) is 32.6 Å². The zero-order chi connectivity index (χ0) is 16.7. The highest BCUT2D eigenvalue weighted by molar-refractivity contribution is 5.98. The van der Waals surface area contributed by atoms with E-state index in [9.17, 15) is 4.79 Å². The van der Waals surface area contributed by atoms with Crippen LogP contribution >= 0.6 is 0 Å². The lowest BCUT2D eigenvalue weighted by Gasteiger charge is -2.22. The van der Waals surface area contributed by atoms with Gasteiger partial charge in [0.1, 0.15) is 0 Å². The van der Waals surface area contributed by atoms with Crippen molar-refractivity contribution in [1.29, 1.82) is 0 Å². The largest absolute Gasteiger partial charge is 0.294 e. The van der Waals surface area contributed by atoms with Gasteiger partial charge < -0.3 is 0 Å². The van der Waals surface area contributed by atoms with Gasteiger partial charge in [-0.15, -0.1) is 0 Å². The first-order valence-electron chi connectivity index (χ1n) is 8.09. The number of hydrogen-bond acceptors (Lipinski definition) is 4. The van der Waals surface area contributed by atoms with Crippen molar-refractivity contribution in [3.63, 3.8) is 0 Å². The third-order valence-corrected chi connectivity index (χ3v) is 4.47. The van der Waals surface area contributed by atoms with Crippen LogP contribution in [-0.4, -0.2) is 25.5 Å². The van der Waals surface area contributed by atoms with Crippen LogP contribution in [0, 0.1) is 13.8 Å². The zero-order valence-electron chi connectivity index (χ0n) is 13.7. The molecule has 2 heterocycles. The first-order valence-corrected chi connectivity index (χ1v) is 8.09. The van der Waals surface area contributed by atoms with Crippen LogP contribution in [0.2, 0.25) is 0 Å². The Morgan fingerprint density at radius 2 is 1.75 bits per heavy atom. The molecule has 1 aliphatic carbocycles. The first kappa shape index (κ1) is 14.8. The predicted molar refractivity (Wildman–Crippen MR) is 90.5 cm³/mol. The van der Waals surface area contributed by atoms with Crippen molar-refractivity contribution in [2.75, 3.05) is 0 Å². The Balaban J connectivity index is 1.78. The first-order chi connectivity index (χ1) is 11.6. The Bertz CT molecular complexity index is 894. The molecule has 0 bridgehead atoms. The highest BCUT2D eigenvalue weighted by Crippen LogP contribution is 2.33. The van der Waals surface area contributed by atoms with Gasteiger partial charge in [-0.3, -0.25) is 4.79 Å². The summed E-state index contributed by atoms with van der Waals surface area (Å²) in [5, 5.41) is 4.40. The monoisotopic (exact) mass is 318 g/mol. The van der Waals surface area contributed by atoms with Gasteiger partial charge in [0, 0.05) is 17.8 Å². The molecular formula is C19H18N4O. The second-order valence-corrected chi connectivity index (χ2v) is 6.31. The second kappa shape index (κ2) is 5.67. The lowest BCUT2D eigenvalue weighted by atomic mass is 9.82. The standard InChI is InChI=1S/C19H18N4O/c1-12-8-13(2)22-19(21-12)23-17-9-15(14-6-4-3-5-7-14)10-18(24)16(17)11-20-23/h3-8,11,15H,9-10H2,1-2H3/t15-/m0/s1. The van der Waals surface area contributed by atoms with Gasteiger partial charge in [0.25, 0.3) is 5.95 Å². The molecule has 5 nitrogen and oxygen atoms in total. The number of Topliss-reactive ketones (excluding diaryl/α,β-unsaturated/α-hetero) is 1. The molecule has 0 fully saturated rings. The molecule has 0 saturated carbocycles. The molecule has 0 N–H and O–H groups in total. The summed E-state index contributed by atoms with van der Waals surface area (Å²) in [6, 6.07) is 12.1. The topological polar surface area (TPSA) is 60.7 Å². The number of fused-ring (bicyclic) bond motifs is 1. The number of carbonyl (C=O) groups excluding carboxylic acids is 1. The second-order valence-electron chi connectivity index (χ2n) is 6.31. The van der Waals surface area contributed by atoms with Gasteiger partial charge in [-0.1, -0.05) is 30.3 Å². The molecule has 1 atom stereocenters. The SMILES string of the molecule is Cc1cc(C)nc(-n2ncc3c2C[C@H](c2ccccc2)CC3=O)n1. The molecule has 5 heteroatoms. The molecule has 120 valence electrons. The number of nitrogens with zero attached hydrogens (tertiary/aromatic N) is 4. The maximum Gasteiger partial charge on any atom is 0.251 e. The summed E-state index contributed by atoms with van der Waals surface area (Å²) in [7, 11) is 0. The lowest BCUT2D eigenvalue weighted by molar-refractivity contribution is 0.0963. The minimum atomic E-state index is 0.140. The van der Waals surface area contributed by atoms with E-state index in [1.165, 1.54) is 5.56 Å². The van der Waals surface area contributed by atoms with E-state index < -0.39 is 0 Å². The molecule has 0 spiro atoms. The Morgan fingerprint density at radius 3 is 2.46 bits per heavy atom. The van der Waals surface area contributed by atoms with Gasteiger partial charge >= 0.3 is 0 Å².